The van der Waals surface area contributed by atoms with E-state index < -0.39 is 12.0 Å². The van der Waals surface area contributed by atoms with Crippen LogP contribution in [-0.4, -0.2) is 21.3 Å². The summed E-state index contributed by atoms with van der Waals surface area (Å²) in [5.41, 5.74) is 1.55. The largest absolute Gasteiger partial charge is 0.479 e. The van der Waals surface area contributed by atoms with E-state index in [-0.39, 0.29) is 0 Å². The standard InChI is InChI=1S/C8H7N3O2S2/c12-7(13)6(5-2-1-3-14-5)10-8-11-9-4-15-8/h1-4,6H,(H,10,11)(H,12,13). The highest BCUT2D eigenvalue weighted by Gasteiger charge is 2.21. The van der Waals surface area contributed by atoms with Crippen molar-refractivity contribution in [2.45, 2.75) is 6.04 Å². The van der Waals surface area contributed by atoms with E-state index in [1.807, 2.05) is 11.4 Å². The summed E-state index contributed by atoms with van der Waals surface area (Å²) < 4.78 is 0. The maximum absolute atomic E-state index is 11.0. The second-order valence-electron chi connectivity index (χ2n) is 2.67. The van der Waals surface area contributed by atoms with Gasteiger partial charge in [-0.1, -0.05) is 17.4 Å². The summed E-state index contributed by atoms with van der Waals surface area (Å²) in [5.74, 6) is -0.923. The van der Waals surface area contributed by atoms with Gasteiger partial charge in [0.2, 0.25) is 5.13 Å². The van der Waals surface area contributed by atoms with E-state index in [1.165, 1.54) is 22.7 Å². The van der Waals surface area contributed by atoms with Crippen molar-refractivity contribution in [1.82, 2.24) is 10.2 Å². The molecule has 78 valence electrons. The van der Waals surface area contributed by atoms with E-state index >= 15 is 0 Å². The van der Waals surface area contributed by atoms with Gasteiger partial charge in [0.05, 0.1) is 0 Å². The predicted molar refractivity (Wildman–Crippen MR) is 58.2 cm³/mol. The molecule has 2 N–H and O–H groups in total. The third kappa shape index (κ3) is 2.31. The molecule has 0 saturated heterocycles. The number of carboxylic acid groups (broad SMARTS) is 1. The highest BCUT2D eigenvalue weighted by Crippen LogP contribution is 2.24. The predicted octanol–water partition coefficient (Wildman–Crippen LogP) is 1.84. The fourth-order valence-corrected chi connectivity index (χ4v) is 2.31. The van der Waals surface area contributed by atoms with Crippen molar-refractivity contribution >= 4 is 33.8 Å². The molecular weight excluding hydrogens is 234 g/mol. The molecule has 1 atom stereocenters. The van der Waals surface area contributed by atoms with Crippen molar-refractivity contribution < 1.29 is 9.90 Å². The molecule has 7 heteroatoms. The topological polar surface area (TPSA) is 75.1 Å². The van der Waals surface area contributed by atoms with Crippen LogP contribution in [0.25, 0.3) is 0 Å². The lowest BCUT2D eigenvalue weighted by atomic mass is 10.2. The molecule has 2 aromatic heterocycles. The first-order chi connectivity index (χ1) is 7.27. The number of carbonyl (C=O) groups is 1. The third-order valence-electron chi connectivity index (χ3n) is 1.70. The van der Waals surface area contributed by atoms with Crippen LogP contribution in [-0.2, 0) is 4.79 Å². The number of carboxylic acids is 1. The number of rotatable bonds is 4. The molecule has 5 nitrogen and oxygen atoms in total. The summed E-state index contributed by atoms with van der Waals surface area (Å²) in [5, 5.41) is 21.6. The first kappa shape index (κ1) is 10.1. The molecule has 2 rings (SSSR count). The van der Waals surface area contributed by atoms with Crippen molar-refractivity contribution in [2.24, 2.45) is 0 Å². The fraction of sp³-hybridized carbons (Fsp3) is 0.125. The molecule has 2 heterocycles. The molecule has 1 unspecified atom stereocenters. The van der Waals surface area contributed by atoms with E-state index in [0.29, 0.717) is 5.13 Å². The summed E-state index contributed by atoms with van der Waals surface area (Å²) in [6, 6.07) is 2.84. The van der Waals surface area contributed by atoms with Gasteiger partial charge >= 0.3 is 5.97 Å². The number of thiophene rings is 1. The summed E-state index contributed by atoms with van der Waals surface area (Å²) in [6.07, 6.45) is 0. The monoisotopic (exact) mass is 241 g/mol. The quantitative estimate of drug-likeness (QED) is 0.854. The smallest absolute Gasteiger partial charge is 0.331 e. The van der Waals surface area contributed by atoms with Crippen molar-refractivity contribution in [2.75, 3.05) is 5.32 Å². The van der Waals surface area contributed by atoms with E-state index in [4.69, 9.17) is 5.11 Å². The van der Waals surface area contributed by atoms with Gasteiger partial charge in [0, 0.05) is 4.88 Å². The minimum atomic E-state index is -0.923. The van der Waals surface area contributed by atoms with E-state index in [9.17, 15) is 4.79 Å². The SMILES string of the molecule is O=C(O)C(Nc1nncs1)c1cccs1. The van der Waals surface area contributed by atoms with Crippen LogP contribution in [0.1, 0.15) is 10.9 Å². The van der Waals surface area contributed by atoms with Gasteiger partial charge in [-0.25, -0.2) is 4.79 Å². The number of aromatic nitrogens is 2. The minimum absolute atomic E-state index is 0.510. The van der Waals surface area contributed by atoms with Gasteiger partial charge in [-0.2, -0.15) is 0 Å². The molecule has 0 bridgehead atoms. The number of anilines is 1. The highest BCUT2D eigenvalue weighted by atomic mass is 32.1. The van der Waals surface area contributed by atoms with Crippen LogP contribution < -0.4 is 5.32 Å². The molecule has 2 aromatic rings. The van der Waals surface area contributed by atoms with Gasteiger partial charge in [-0.3, -0.25) is 0 Å². The molecule has 0 radical (unpaired) electrons. The highest BCUT2D eigenvalue weighted by molar-refractivity contribution is 7.13. The van der Waals surface area contributed by atoms with Gasteiger partial charge in [0.15, 0.2) is 6.04 Å². The van der Waals surface area contributed by atoms with Crippen LogP contribution in [0.15, 0.2) is 23.0 Å². The average molecular weight is 241 g/mol. The Morgan fingerprint density at radius 3 is 2.93 bits per heavy atom. The normalized spacial score (nSPS) is 12.3. The molecule has 0 aliphatic rings. The molecule has 0 spiro atoms. The Morgan fingerprint density at radius 1 is 1.53 bits per heavy atom. The number of nitrogens with zero attached hydrogens (tertiary/aromatic N) is 2. The van der Waals surface area contributed by atoms with E-state index in [1.54, 1.807) is 11.6 Å². The Kier molecular flexibility index (Phi) is 2.93. The number of hydrogen-bond acceptors (Lipinski definition) is 6. The van der Waals surface area contributed by atoms with Crippen molar-refractivity contribution in [3.63, 3.8) is 0 Å². The Balaban J connectivity index is 2.18. The van der Waals surface area contributed by atoms with Gasteiger partial charge in [-0.15, -0.1) is 21.5 Å². The maximum Gasteiger partial charge on any atom is 0.331 e. The van der Waals surface area contributed by atoms with Crippen molar-refractivity contribution in [3.8, 4) is 0 Å². The summed E-state index contributed by atoms with van der Waals surface area (Å²) in [4.78, 5) is 11.8. The first-order valence-corrected chi connectivity index (χ1v) is 5.82. The van der Waals surface area contributed by atoms with Crippen LogP contribution >= 0.6 is 22.7 Å². The first-order valence-electron chi connectivity index (χ1n) is 4.06. The second-order valence-corrected chi connectivity index (χ2v) is 4.49. The third-order valence-corrected chi connectivity index (χ3v) is 3.26. The Bertz CT molecular complexity index is 427. The van der Waals surface area contributed by atoms with Gasteiger partial charge in [-0.05, 0) is 11.4 Å². The molecule has 0 fully saturated rings. The lowest BCUT2D eigenvalue weighted by Crippen LogP contribution is -2.19. The van der Waals surface area contributed by atoms with Crippen LogP contribution in [0, 0.1) is 0 Å². The van der Waals surface area contributed by atoms with Crippen molar-refractivity contribution in [1.29, 1.82) is 0 Å². The molecule has 0 saturated carbocycles. The van der Waals surface area contributed by atoms with E-state index in [0.717, 1.165) is 4.88 Å². The van der Waals surface area contributed by atoms with Crippen LogP contribution in [0.3, 0.4) is 0 Å². The Labute approximate surface area is 93.4 Å². The van der Waals surface area contributed by atoms with Crippen LogP contribution in [0.5, 0.6) is 0 Å². The molecule has 0 aliphatic heterocycles. The minimum Gasteiger partial charge on any atom is -0.479 e. The zero-order chi connectivity index (χ0) is 10.7. The van der Waals surface area contributed by atoms with Gasteiger partial charge < -0.3 is 10.4 Å². The molecule has 0 aromatic carbocycles. The number of hydrogen-bond donors (Lipinski definition) is 2. The van der Waals surface area contributed by atoms with Crippen molar-refractivity contribution in [3.05, 3.63) is 27.9 Å². The maximum atomic E-state index is 11.0. The molecule has 0 amide bonds. The number of aliphatic carboxylic acids is 1. The van der Waals surface area contributed by atoms with Gasteiger partial charge in [0.1, 0.15) is 5.51 Å². The summed E-state index contributed by atoms with van der Waals surface area (Å²) in [6.45, 7) is 0. The molecule has 15 heavy (non-hydrogen) atoms. The zero-order valence-corrected chi connectivity index (χ0v) is 9.09. The lowest BCUT2D eigenvalue weighted by molar-refractivity contribution is -0.138. The Hall–Kier alpha value is -1.47. The lowest BCUT2D eigenvalue weighted by Gasteiger charge is -2.10. The van der Waals surface area contributed by atoms with Crippen LogP contribution in [0.2, 0.25) is 0 Å². The molecule has 0 aliphatic carbocycles. The molecular formula is C8H7N3O2S2. The van der Waals surface area contributed by atoms with E-state index in [2.05, 4.69) is 15.5 Å². The number of nitrogens with one attached hydrogen (secondary N) is 1. The summed E-state index contributed by atoms with van der Waals surface area (Å²) >= 11 is 2.67. The summed E-state index contributed by atoms with van der Waals surface area (Å²) in [7, 11) is 0. The fourth-order valence-electron chi connectivity index (χ4n) is 1.07. The van der Waals surface area contributed by atoms with Crippen LogP contribution in [0.4, 0.5) is 5.13 Å². The van der Waals surface area contributed by atoms with Gasteiger partial charge in [0.25, 0.3) is 0 Å². The average Bonchev–Trinajstić information content (AvgIpc) is 2.87. The zero-order valence-electron chi connectivity index (χ0n) is 7.45. The Morgan fingerprint density at radius 2 is 2.40 bits per heavy atom. The second kappa shape index (κ2) is 4.37.